The van der Waals surface area contributed by atoms with Crippen LogP contribution in [0.4, 0.5) is 4.79 Å². The molecule has 0 atom stereocenters. The van der Waals surface area contributed by atoms with E-state index in [2.05, 4.69) is 10.6 Å². The molecule has 0 saturated heterocycles. The van der Waals surface area contributed by atoms with Crippen LogP contribution in [0, 0.1) is 0 Å². The van der Waals surface area contributed by atoms with Crippen molar-refractivity contribution >= 4 is 17.9 Å². The van der Waals surface area contributed by atoms with Gasteiger partial charge in [-0.2, -0.15) is 0 Å². The van der Waals surface area contributed by atoms with E-state index in [1.54, 1.807) is 0 Å². The molecule has 0 spiro atoms. The number of carbonyl (C=O) groups is 3. The molecule has 3 amide bonds. The smallest absolute Gasteiger partial charge is 0.315 e. The van der Waals surface area contributed by atoms with Crippen LogP contribution < -0.4 is 16.4 Å². The molecule has 17 heavy (non-hydrogen) atoms. The highest BCUT2D eigenvalue weighted by Gasteiger charge is 2.01. The predicted octanol–water partition coefficient (Wildman–Crippen LogP) is -0.194. The molecule has 0 aromatic carbocycles. The monoisotopic (exact) mass is 245 g/mol. The van der Waals surface area contributed by atoms with Crippen molar-refractivity contribution in [3.8, 4) is 0 Å². The molecule has 0 saturated carbocycles. The van der Waals surface area contributed by atoms with Gasteiger partial charge in [-0.3, -0.25) is 9.59 Å². The first kappa shape index (κ1) is 15.2. The summed E-state index contributed by atoms with van der Waals surface area (Å²) in [6.45, 7) is 0.322. The highest BCUT2D eigenvalue weighted by atomic mass is 16.4. The van der Waals surface area contributed by atoms with Crippen LogP contribution in [0.15, 0.2) is 0 Å². The lowest BCUT2D eigenvalue weighted by atomic mass is 10.1. The number of unbranched alkanes of at least 4 members (excludes halogenated alkanes) is 3. The molecule has 0 aliphatic carbocycles. The fourth-order valence-electron chi connectivity index (χ4n) is 1.19. The van der Waals surface area contributed by atoms with Crippen LogP contribution in [0.25, 0.3) is 0 Å². The molecule has 0 heterocycles. The van der Waals surface area contributed by atoms with Crippen LogP contribution >= 0.6 is 0 Å². The number of aliphatic carboxylic acids is 1. The molecule has 0 rings (SSSR count). The van der Waals surface area contributed by atoms with Crippen LogP contribution in [0.1, 0.15) is 32.1 Å². The summed E-state index contributed by atoms with van der Waals surface area (Å²) >= 11 is 0. The molecule has 0 aliphatic rings. The Bertz CT molecular complexity index is 268. The van der Waals surface area contributed by atoms with E-state index in [-0.39, 0.29) is 13.0 Å². The number of nitrogens with two attached hydrogens (primary N) is 1. The minimum Gasteiger partial charge on any atom is -0.481 e. The summed E-state index contributed by atoms with van der Waals surface area (Å²) in [5.41, 5.74) is 4.85. The lowest BCUT2D eigenvalue weighted by Crippen LogP contribution is -2.40. The minimum absolute atomic E-state index is 0.176. The van der Waals surface area contributed by atoms with Gasteiger partial charge in [0.2, 0.25) is 5.91 Å². The van der Waals surface area contributed by atoms with Gasteiger partial charge in [0.15, 0.2) is 0 Å². The second-order valence-electron chi connectivity index (χ2n) is 3.63. The van der Waals surface area contributed by atoms with Crippen molar-refractivity contribution in [3.63, 3.8) is 0 Å². The summed E-state index contributed by atoms with van der Waals surface area (Å²) in [6.07, 6.45) is 3.32. The summed E-state index contributed by atoms with van der Waals surface area (Å²) in [4.78, 5) is 31.6. The molecule has 0 bridgehead atoms. The lowest BCUT2D eigenvalue weighted by Gasteiger charge is -2.05. The summed E-state index contributed by atoms with van der Waals surface area (Å²) in [7, 11) is 0. The molecule has 98 valence electrons. The molecule has 0 unspecified atom stereocenters. The van der Waals surface area contributed by atoms with Gasteiger partial charge in [-0.1, -0.05) is 12.8 Å². The summed E-state index contributed by atoms with van der Waals surface area (Å²) in [5.74, 6) is -1.37. The van der Waals surface area contributed by atoms with Gasteiger partial charge in [0.1, 0.15) is 0 Å². The number of amides is 3. The molecule has 0 aliphatic heterocycles. The standard InChI is InChI=1S/C10H19N3O4/c11-8(14)7-13-10(17)12-6-4-2-1-3-5-9(15)16/h1-7H2,(H2,11,14)(H,15,16)(H2,12,13,17). The molecule has 0 aromatic heterocycles. The Balaban J connectivity index is 3.24. The van der Waals surface area contributed by atoms with Crippen molar-refractivity contribution in [2.75, 3.05) is 13.1 Å². The summed E-state index contributed by atoms with van der Waals surface area (Å²) < 4.78 is 0. The van der Waals surface area contributed by atoms with Gasteiger partial charge in [0, 0.05) is 13.0 Å². The van der Waals surface area contributed by atoms with Crippen molar-refractivity contribution in [2.45, 2.75) is 32.1 Å². The fourth-order valence-corrected chi connectivity index (χ4v) is 1.19. The SMILES string of the molecule is NC(=O)CNC(=O)NCCCCCCC(=O)O. The van der Waals surface area contributed by atoms with E-state index in [9.17, 15) is 14.4 Å². The minimum atomic E-state index is -0.783. The number of carbonyl (C=O) groups excluding carboxylic acids is 2. The average Bonchev–Trinajstić information content (AvgIpc) is 2.24. The van der Waals surface area contributed by atoms with Crippen LogP contribution in [0.5, 0.6) is 0 Å². The average molecular weight is 245 g/mol. The van der Waals surface area contributed by atoms with E-state index >= 15 is 0 Å². The first-order chi connectivity index (χ1) is 8.02. The van der Waals surface area contributed by atoms with E-state index in [4.69, 9.17) is 10.8 Å². The number of rotatable bonds is 9. The third-order valence-corrected chi connectivity index (χ3v) is 2.03. The third-order valence-electron chi connectivity index (χ3n) is 2.03. The van der Waals surface area contributed by atoms with Crippen LogP contribution in [0.3, 0.4) is 0 Å². The zero-order valence-electron chi connectivity index (χ0n) is 9.70. The maximum absolute atomic E-state index is 11.0. The normalized spacial score (nSPS) is 9.65. The number of carboxylic acid groups (broad SMARTS) is 1. The van der Waals surface area contributed by atoms with Crippen molar-refractivity contribution in [2.24, 2.45) is 5.73 Å². The Labute approximate surface area is 99.7 Å². The number of primary amides is 1. The van der Waals surface area contributed by atoms with Gasteiger partial charge < -0.3 is 21.5 Å². The summed E-state index contributed by atoms with van der Waals surface area (Å²) in [5, 5.41) is 13.3. The van der Waals surface area contributed by atoms with E-state index in [1.165, 1.54) is 0 Å². The zero-order chi connectivity index (χ0) is 13.1. The predicted molar refractivity (Wildman–Crippen MR) is 61.3 cm³/mol. The quantitative estimate of drug-likeness (QED) is 0.420. The number of hydrogen-bond donors (Lipinski definition) is 4. The van der Waals surface area contributed by atoms with Gasteiger partial charge in [-0.25, -0.2) is 4.79 Å². The molecule has 0 radical (unpaired) electrons. The van der Waals surface area contributed by atoms with Gasteiger partial charge in [0.25, 0.3) is 0 Å². The van der Waals surface area contributed by atoms with Crippen LogP contribution in [0.2, 0.25) is 0 Å². The second-order valence-corrected chi connectivity index (χ2v) is 3.63. The number of hydrogen-bond acceptors (Lipinski definition) is 3. The highest BCUT2D eigenvalue weighted by Crippen LogP contribution is 2.01. The summed E-state index contributed by atoms with van der Waals surface area (Å²) in [6, 6.07) is -0.422. The molecular weight excluding hydrogens is 226 g/mol. The van der Waals surface area contributed by atoms with Gasteiger partial charge >= 0.3 is 12.0 Å². The van der Waals surface area contributed by atoms with Crippen LogP contribution in [-0.4, -0.2) is 36.1 Å². The van der Waals surface area contributed by atoms with E-state index < -0.39 is 17.9 Å². The van der Waals surface area contributed by atoms with Gasteiger partial charge in [-0.05, 0) is 12.8 Å². The van der Waals surface area contributed by atoms with E-state index in [0.29, 0.717) is 13.0 Å². The Morgan fingerprint density at radius 3 is 2.24 bits per heavy atom. The molecule has 7 heteroatoms. The zero-order valence-corrected chi connectivity index (χ0v) is 9.70. The molecule has 7 nitrogen and oxygen atoms in total. The largest absolute Gasteiger partial charge is 0.481 e. The third kappa shape index (κ3) is 12.1. The lowest BCUT2D eigenvalue weighted by molar-refractivity contribution is -0.137. The highest BCUT2D eigenvalue weighted by molar-refractivity contribution is 5.82. The van der Waals surface area contributed by atoms with E-state index in [0.717, 1.165) is 19.3 Å². The topological polar surface area (TPSA) is 122 Å². The Kier molecular flexibility index (Phi) is 8.44. The van der Waals surface area contributed by atoms with Gasteiger partial charge in [0.05, 0.1) is 6.54 Å². The van der Waals surface area contributed by atoms with Crippen molar-refractivity contribution in [1.29, 1.82) is 0 Å². The number of carboxylic acids is 1. The van der Waals surface area contributed by atoms with Gasteiger partial charge in [-0.15, -0.1) is 0 Å². The second kappa shape index (κ2) is 9.44. The fraction of sp³-hybridized carbons (Fsp3) is 0.700. The maximum Gasteiger partial charge on any atom is 0.315 e. The van der Waals surface area contributed by atoms with E-state index in [1.807, 2.05) is 0 Å². The number of urea groups is 1. The molecule has 5 N–H and O–H groups in total. The van der Waals surface area contributed by atoms with Crippen LogP contribution in [-0.2, 0) is 9.59 Å². The van der Waals surface area contributed by atoms with Crippen molar-refractivity contribution in [1.82, 2.24) is 10.6 Å². The maximum atomic E-state index is 11.0. The first-order valence-electron chi connectivity index (χ1n) is 5.54. The van der Waals surface area contributed by atoms with Crippen molar-refractivity contribution in [3.05, 3.63) is 0 Å². The molecule has 0 fully saturated rings. The molecular formula is C10H19N3O4. The molecule has 0 aromatic rings. The Morgan fingerprint density at radius 2 is 1.65 bits per heavy atom. The Morgan fingerprint density at radius 1 is 1.00 bits per heavy atom. The number of nitrogens with one attached hydrogen (secondary N) is 2. The van der Waals surface area contributed by atoms with Crippen molar-refractivity contribution < 1.29 is 19.5 Å². The first-order valence-corrected chi connectivity index (χ1v) is 5.54. The Hall–Kier alpha value is -1.79.